The number of nitrogens with one attached hydrogen (secondary N) is 2. The van der Waals surface area contributed by atoms with Crippen molar-refractivity contribution in [3.05, 3.63) is 42.1 Å². The molecule has 1 aliphatic rings. The van der Waals surface area contributed by atoms with Crippen molar-refractivity contribution in [1.29, 1.82) is 0 Å². The lowest BCUT2D eigenvalue weighted by Gasteiger charge is -2.14. The lowest BCUT2D eigenvalue weighted by molar-refractivity contribution is 0.244. The highest BCUT2D eigenvalue weighted by atomic mass is 16.2. The summed E-state index contributed by atoms with van der Waals surface area (Å²) in [6.45, 7) is 0.593. The molecule has 0 saturated carbocycles. The number of carbonyl (C=O) groups excluding carboxylic acids is 1. The van der Waals surface area contributed by atoms with E-state index in [0.717, 1.165) is 11.1 Å². The van der Waals surface area contributed by atoms with Crippen molar-refractivity contribution in [3.8, 4) is 0 Å². The first-order chi connectivity index (χ1) is 6.36. The van der Waals surface area contributed by atoms with Gasteiger partial charge in [-0.3, -0.25) is 0 Å². The SMILES string of the molecule is O=C1NC=C(c2ccccc2)CN1. The Hall–Kier alpha value is -1.77. The number of hydrogen-bond acceptors (Lipinski definition) is 1. The maximum Gasteiger partial charge on any atom is 0.319 e. The van der Waals surface area contributed by atoms with Crippen LogP contribution in [-0.2, 0) is 0 Å². The molecule has 3 heteroatoms. The summed E-state index contributed by atoms with van der Waals surface area (Å²) in [6.07, 6.45) is 1.74. The first kappa shape index (κ1) is 7.86. The van der Waals surface area contributed by atoms with Gasteiger partial charge in [-0.25, -0.2) is 4.79 Å². The van der Waals surface area contributed by atoms with Crippen molar-refractivity contribution in [2.24, 2.45) is 0 Å². The monoisotopic (exact) mass is 174 g/mol. The fraction of sp³-hybridized carbons (Fsp3) is 0.100. The molecule has 2 rings (SSSR count). The Balaban J connectivity index is 2.23. The van der Waals surface area contributed by atoms with Crippen LogP contribution in [0.2, 0.25) is 0 Å². The number of amides is 2. The van der Waals surface area contributed by atoms with Gasteiger partial charge in [-0.1, -0.05) is 30.3 Å². The maximum atomic E-state index is 10.8. The molecule has 0 aromatic heterocycles. The summed E-state index contributed by atoms with van der Waals surface area (Å²) in [6, 6.07) is 9.83. The van der Waals surface area contributed by atoms with Crippen LogP contribution in [0.5, 0.6) is 0 Å². The van der Waals surface area contributed by atoms with Crippen LogP contribution >= 0.6 is 0 Å². The summed E-state index contributed by atoms with van der Waals surface area (Å²) in [5, 5.41) is 5.33. The average Bonchev–Trinajstić information content (AvgIpc) is 2.20. The van der Waals surface area contributed by atoms with E-state index in [4.69, 9.17) is 0 Å². The van der Waals surface area contributed by atoms with Crippen molar-refractivity contribution in [1.82, 2.24) is 10.6 Å². The zero-order valence-electron chi connectivity index (χ0n) is 7.08. The standard InChI is InChI=1S/C10H10N2O/c13-10-11-6-9(7-12-10)8-4-2-1-3-5-8/h1-6H,7H2,(H2,11,12,13). The summed E-state index contributed by atoms with van der Waals surface area (Å²) in [5.74, 6) is 0. The van der Waals surface area contributed by atoms with Crippen LogP contribution < -0.4 is 10.6 Å². The molecule has 0 saturated heterocycles. The molecule has 0 radical (unpaired) electrons. The molecular weight excluding hydrogens is 164 g/mol. The van der Waals surface area contributed by atoms with Crippen LogP contribution in [0.1, 0.15) is 5.56 Å². The molecule has 1 aliphatic heterocycles. The minimum atomic E-state index is -0.139. The average molecular weight is 174 g/mol. The van der Waals surface area contributed by atoms with Gasteiger partial charge in [-0.05, 0) is 11.1 Å². The zero-order chi connectivity index (χ0) is 9.10. The van der Waals surface area contributed by atoms with Crippen LogP contribution in [0, 0.1) is 0 Å². The van der Waals surface area contributed by atoms with Gasteiger partial charge in [-0.15, -0.1) is 0 Å². The molecule has 0 atom stereocenters. The van der Waals surface area contributed by atoms with Crippen molar-refractivity contribution in [2.75, 3.05) is 6.54 Å². The largest absolute Gasteiger partial charge is 0.334 e. The number of benzene rings is 1. The quantitative estimate of drug-likeness (QED) is 0.662. The molecule has 0 spiro atoms. The third kappa shape index (κ3) is 1.69. The molecule has 1 aromatic rings. The van der Waals surface area contributed by atoms with Crippen molar-refractivity contribution in [3.63, 3.8) is 0 Å². The fourth-order valence-corrected chi connectivity index (χ4v) is 1.27. The van der Waals surface area contributed by atoms with E-state index in [1.165, 1.54) is 0 Å². The van der Waals surface area contributed by atoms with Gasteiger partial charge in [0, 0.05) is 12.7 Å². The van der Waals surface area contributed by atoms with E-state index >= 15 is 0 Å². The second kappa shape index (κ2) is 3.31. The smallest absolute Gasteiger partial charge is 0.319 e. The number of hydrogen-bond donors (Lipinski definition) is 2. The Morgan fingerprint density at radius 1 is 1.15 bits per heavy atom. The van der Waals surface area contributed by atoms with Crippen LogP contribution in [0.25, 0.3) is 5.57 Å². The van der Waals surface area contributed by atoms with Crippen molar-refractivity contribution >= 4 is 11.6 Å². The third-order valence-electron chi connectivity index (χ3n) is 1.96. The normalized spacial score (nSPS) is 15.7. The predicted octanol–water partition coefficient (Wildman–Crippen LogP) is 1.34. The predicted molar refractivity (Wildman–Crippen MR) is 51.0 cm³/mol. The van der Waals surface area contributed by atoms with Crippen molar-refractivity contribution in [2.45, 2.75) is 0 Å². The minimum Gasteiger partial charge on any atom is -0.334 e. The van der Waals surface area contributed by atoms with Gasteiger partial charge in [0.25, 0.3) is 0 Å². The maximum absolute atomic E-state index is 10.8. The minimum absolute atomic E-state index is 0.139. The van der Waals surface area contributed by atoms with Crippen LogP contribution in [0.3, 0.4) is 0 Å². The Morgan fingerprint density at radius 2 is 1.92 bits per heavy atom. The molecule has 1 heterocycles. The topological polar surface area (TPSA) is 41.1 Å². The molecule has 1 aromatic carbocycles. The number of rotatable bonds is 1. The van der Waals surface area contributed by atoms with Gasteiger partial charge in [0.2, 0.25) is 0 Å². The summed E-state index contributed by atoms with van der Waals surface area (Å²) in [5.41, 5.74) is 2.23. The molecular formula is C10H10N2O. The Bertz CT molecular complexity index is 343. The van der Waals surface area contributed by atoms with E-state index in [0.29, 0.717) is 6.54 Å². The highest BCUT2D eigenvalue weighted by molar-refractivity contribution is 5.83. The summed E-state index contributed by atoms with van der Waals surface area (Å²) in [4.78, 5) is 10.8. The third-order valence-corrected chi connectivity index (χ3v) is 1.96. The Morgan fingerprint density at radius 3 is 2.54 bits per heavy atom. The molecule has 13 heavy (non-hydrogen) atoms. The molecule has 0 unspecified atom stereocenters. The van der Waals surface area contributed by atoms with Gasteiger partial charge in [-0.2, -0.15) is 0 Å². The summed E-state index contributed by atoms with van der Waals surface area (Å²) < 4.78 is 0. The van der Waals surface area contributed by atoms with Gasteiger partial charge >= 0.3 is 6.03 Å². The second-order valence-corrected chi connectivity index (χ2v) is 2.86. The zero-order valence-corrected chi connectivity index (χ0v) is 7.08. The van der Waals surface area contributed by atoms with Gasteiger partial charge in [0.1, 0.15) is 0 Å². The van der Waals surface area contributed by atoms with Crippen molar-refractivity contribution < 1.29 is 4.79 Å². The van der Waals surface area contributed by atoms with Gasteiger partial charge in [0.15, 0.2) is 0 Å². The number of urea groups is 1. The first-order valence-electron chi connectivity index (χ1n) is 4.15. The van der Waals surface area contributed by atoms with Gasteiger partial charge in [0.05, 0.1) is 0 Å². The Kier molecular flexibility index (Phi) is 2.00. The molecule has 66 valence electrons. The second-order valence-electron chi connectivity index (χ2n) is 2.86. The molecule has 3 nitrogen and oxygen atoms in total. The molecule has 2 N–H and O–H groups in total. The Labute approximate surface area is 76.5 Å². The van der Waals surface area contributed by atoms with E-state index in [9.17, 15) is 4.79 Å². The first-order valence-corrected chi connectivity index (χ1v) is 4.15. The summed E-state index contributed by atoms with van der Waals surface area (Å²) in [7, 11) is 0. The fourth-order valence-electron chi connectivity index (χ4n) is 1.27. The molecule has 2 amide bonds. The molecule has 0 aliphatic carbocycles. The molecule has 0 bridgehead atoms. The lowest BCUT2D eigenvalue weighted by Crippen LogP contribution is -2.37. The van der Waals surface area contributed by atoms with E-state index in [1.54, 1.807) is 6.20 Å². The highest BCUT2D eigenvalue weighted by Crippen LogP contribution is 2.13. The van der Waals surface area contributed by atoms with Crippen LogP contribution in [0.4, 0.5) is 4.79 Å². The van der Waals surface area contributed by atoms with E-state index in [1.807, 2.05) is 30.3 Å². The van der Waals surface area contributed by atoms with Crippen LogP contribution in [0.15, 0.2) is 36.5 Å². The van der Waals surface area contributed by atoms with Gasteiger partial charge < -0.3 is 10.6 Å². The number of carbonyl (C=O) groups is 1. The van der Waals surface area contributed by atoms with E-state index in [2.05, 4.69) is 10.6 Å². The van der Waals surface area contributed by atoms with E-state index < -0.39 is 0 Å². The highest BCUT2D eigenvalue weighted by Gasteiger charge is 2.08. The molecule has 0 fully saturated rings. The van der Waals surface area contributed by atoms with E-state index in [-0.39, 0.29) is 6.03 Å². The summed E-state index contributed by atoms with van der Waals surface area (Å²) >= 11 is 0. The van der Waals surface area contributed by atoms with Crippen LogP contribution in [-0.4, -0.2) is 12.6 Å². The lowest BCUT2D eigenvalue weighted by atomic mass is 10.1.